The van der Waals surface area contributed by atoms with Gasteiger partial charge in [0, 0.05) is 17.7 Å². The summed E-state index contributed by atoms with van der Waals surface area (Å²) < 4.78 is 21.8. The first-order valence-electron chi connectivity index (χ1n) is 4.55. The molecule has 0 aromatic carbocycles. The van der Waals surface area contributed by atoms with Gasteiger partial charge >= 0.3 is 0 Å². The molecule has 0 aromatic rings. The van der Waals surface area contributed by atoms with Crippen LogP contribution in [0.4, 0.5) is 0 Å². The third kappa shape index (κ3) is 9.49. The van der Waals surface area contributed by atoms with Crippen molar-refractivity contribution in [1.29, 1.82) is 0 Å². The highest BCUT2D eigenvalue weighted by Crippen LogP contribution is 2.04. The van der Waals surface area contributed by atoms with Crippen LogP contribution in [0.2, 0.25) is 0 Å². The fourth-order valence-corrected chi connectivity index (χ4v) is 1.32. The molecule has 0 bridgehead atoms. The molecule has 0 aliphatic heterocycles. The summed E-state index contributed by atoms with van der Waals surface area (Å²) in [5.41, 5.74) is 0. The number of carbonyl (C=O) groups excluding carboxylic acids is 1. The number of nitrogens with one attached hydrogen (secondary N) is 1. The smallest absolute Gasteiger partial charge is 0.230 e. The quantitative estimate of drug-likeness (QED) is 0.503. The highest BCUT2D eigenvalue weighted by atomic mass is 32.2. The molecule has 0 saturated heterocycles. The van der Waals surface area contributed by atoms with E-state index in [0.29, 0.717) is 6.42 Å². The van der Waals surface area contributed by atoms with Crippen LogP contribution in [0.1, 0.15) is 45.4 Å². The minimum absolute atomic E-state index is 0.303. The van der Waals surface area contributed by atoms with E-state index in [1.807, 2.05) is 4.72 Å². The van der Waals surface area contributed by atoms with Gasteiger partial charge in [-0.25, -0.2) is 0 Å². The fraction of sp³-hybridized carbons (Fsp3) is 0.875. The Morgan fingerprint density at radius 1 is 1.31 bits per heavy atom. The van der Waals surface area contributed by atoms with Gasteiger partial charge in [-0.1, -0.05) is 32.6 Å². The Morgan fingerprint density at radius 2 is 1.92 bits per heavy atom. The molecule has 0 heterocycles. The lowest BCUT2D eigenvalue weighted by molar-refractivity contribution is -0.119. The van der Waals surface area contributed by atoms with E-state index in [0.717, 1.165) is 25.7 Å². The van der Waals surface area contributed by atoms with E-state index in [9.17, 15) is 13.6 Å². The van der Waals surface area contributed by atoms with Gasteiger partial charge in [0.05, 0.1) is 0 Å². The largest absolute Gasteiger partial charge is 0.755 e. The van der Waals surface area contributed by atoms with Crippen molar-refractivity contribution < 1.29 is 13.6 Å². The summed E-state index contributed by atoms with van der Waals surface area (Å²) in [4.78, 5) is 10.8. The van der Waals surface area contributed by atoms with Crippen LogP contribution in [-0.4, -0.2) is 14.7 Å². The van der Waals surface area contributed by atoms with Crippen LogP contribution in [0.15, 0.2) is 0 Å². The summed E-state index contributed by atoms with van der Waals surface area (Å²) in [7, 11) is 0. The van der Waals surface area contributed by atoms with Crippen molar-refractivity contribution >= 4 is 17.2 Å². The molecule has 0 saturated carbocycles. The predicted molar refractivity (Wildman–Crippen MR) is 50.4 cm³/mol. The van der Waals surface area contributed by atoms with Gasteiger partial charge in [0.2, 0.25) is 5.91 Å². The SMILES string of the molecule is CCCCCCCC(=O)NS(=O)[O-]. The van der Waals surface area contributed by atoms with E-state index in [1.165, 1.54) is 6.42 Å². The topological polar surface area (TPSA) is 69.2 Å². The van der Waals surface area contributed by atoms with Crippen LogP contribution >= 0.6 is 0 Å². The Kier molecular flexibility index (Phi) is 7.93. The number of carbonyl (C=O) groups is 1. The standard InChI is InChI=1S/C8H17NO3S/c1-2-3-4-5-6-7-8(10)9-13(11)12/h2-7H2,1H3,(H,9,10)(H,11,12)/p-1. The monoisotopic (exact) mass is 206 g/mol. The van der Waals surface area contributed by atoms with Crippen molar-refractivity contribution in [2.75, 3.05) is 0 Å². The summed E-state index contributed by atoms with van der Waals surface area (Å²) in [6.07, 6.45) is 5.52. The van der Waals surface area contributed by atoms with E-state index in [4.69, 9.17) is 0 Å². The molecule has 13 heavy (non-hydrogen) atoms. The molecular weight excluding hydrogens is 190 g/mol. The van der Waals surface area contributed by atoms with Crippen LogP contribution in [0, 0.1) is 0 Å². The van der Waals surface area contributed by atoms with Crippen molar-refractivity contribution in [2.24, 2.45) is 0 Å². The van der Waals surface area contributed by atoms with Crippen molar-refractivity contribution in [3.63, 3.8) is 0 Å². The third-order valence-corrected chi connectivity index (χ3v) is 2.10. The summed E-state index contributed by atoms with van der Waals surface area (Å²) in [6.45, 7) is 2.12. The normalized spacial score (nSPS) is 12.5. The van der Waals surface area contributed by atoms with Crippen LogP contribution in [0.5, 0.6) is 0 Å². The molecule has 1 N–H and O–H groups in total. The first-order chi connectivity index (χ1) is 6.16. The van der Waals surface area contributed by atoms with Gasteiger partial charge in [-0.05, 0) is 6.42 Å². The Labute approximate surface area is 81.5 Å². The maximum Gasteiger partial charge on any atom is 0.230 e. The van der Waals surface area contributed by atoms with Gasteiger partial charge in [-0.2, -0.15) is 0 Å². The lowest BCUT2D eigenvalue weighted by atomic mass is 10.1. The molecule has 78 valence electrons. The van der Waals surface area contributed by atoms with Gasteiger partial charge in [-0.15, -0.1) is 0 Å². The van der Waals surface area contributed by atoms with E-state index in [1.54, 1.807) is 0 Å². The van der Waals surface area contributed by atoms with E-state index >= 15 is 0 Å². The Balaban J connectivity index is 3.22. The Morgan fingerprint density at radius 3 is 2.46 bits per heavy atom. The Bertz CT molecular complexity index is 173. The molecule has 0 rings (SSSR count). The maximum atomic E-state index is 10.8. The minimum atomic E-state index is -2.45. The van der Waals surface area contributed by atoms with Gasteiger partial charge in [0.15, 0.2) is 0 Å². The summed E-state index contributed by atoms with van der Waals surface area (Å²) in [5.74, 6) is -0.412. The molecular formula is C8H16NO3S-. The van der Waals surface area contributed by atoms with E-state index in [-0.39, 0.29) is 0 Å². The number of hydrogen-bond donors (Lipinski definition) is 1. The maximum absolute atomic E-state index is 10.8. The van der Waals surface area contributed by atoms with Crippen LogP contribution in [0.25, 0.3) is 0 Å². The van der Waals surface area contributed by atoms with Crippen LogP contribution in [0.3, 0.4) is 0 Å². The highest BCUT2D eigenvalue weighted by molar-refractivity contribution is 7.77. The molecule has 0 spiro atoms. The fourth-order valence-electron chi connectivity index (χ4n) is 1.03. The number of rotatable bonds is 7. The molecule has 4 nitrogen and oxygen atoms in total. The number of hydrogen-bond acceptors (Lipinski definition) is 3. The van der Waals surface area contributed by atoms with Crippen molar-refractivity contribution in [3.8, 4) is 0 Å². The third-order valence-electron chi connectivity index (χ3n) is 1.70. The number of amides is 1. The van der Waals surface area contributed by atoms with Crippen molar-refractivity contribution in [1.82, 2.24) is 4.72 Å². The molecule has 0 aromatic heterocycles. The molecule has 1 unspecified atom stereocenters. The second kappa shape index (κ2) is 8.19. The van der Waals surface area contributed by atoms with E-state index in [2.05, 4.69) is 6.92 Å². The molecule has 0 aliphatic rings. The van der Waals surface area contributed by atoms with Gasteiger partial charge < -0.3 is 4.55 Å². The van der Waals surface area contributed by atoms with Gasteiger partial charge in [0.25, 0.3) is 0 Å². The molecule has 5 heteroatoms. The second-order valence-electron chi connectivity index (χ2n) is 2.92. The van der Waals surface area contributed by atoms with E-state index < -0.39 is 17.2 Å². The molecule has 0 radical (unpaired) electrons. The number of unbranched alkanes of at least 4 members (excludes halogenated alkanes) is 4. The molecule has 1 amide bonds. The lowest BCUT2D eigenvalue weighted by Crippen LogP contribution is -2.24. The van der Waals surface area contributed by atoms with Gasteiger partial charge in [-0.3, -0.25) is 13.7 Å². The lowest BCUT2D eigenvalue weighted by Gasteiger charge is -2.06. The van der Waals surface area contributed by atoms with Crippen molar-refractivity contribution in [2.45, 2.75) is 45.4 Å². The average molecular weight is 206 g/mol. The first kappa shape index (κ1) is 12.6. The zero-order chi connectivity index (χ0) is 10.1. The predicted octanol–water partition coefficient (Wildman–Crippen LogP) is 1.26. The molecule has 1 atom stereocenters. The Hall–Kier alpha value is -0.420. The molecule has 0 fully saturated rings. The zero-order valence-electron chi connectivity index (χ0n) is 7.88. The first-order valence-corrected chi connectivity index (χ1v) is 5.63. The van der Waals surface area contributed by atoms with Crippen molar-refractivity contribution in [3.05, 3.63) is 0 Å². The minimum Gasteiger partial charge on any atom is -0.755 e. The van der Waals surface area contributed by atoms with Crippen LogP contribution < -0.4 is 4.72 Å². The highest BCUT2D eigenvalue weighted by Gasteiger charge is 1.99. The second-order valence-corrected chi connectivity index (χ2v) is 3.60. The summed E-state index contributed by atoms with van der Waals surface area (Å²) in [5, 5.41) is 0. The summed E-state index contributed by atoms with van der Waals surface area (Å²) >= 11 is -2.45. The van der Waals surface area contributed by atoms with Gasteiger partial charge in [0.1, 0.15) is 0 Å². The average Bonchev–Trinajstić information content (AvgIpc) is 2.02. The molecule has 0 aliphatic carbocycles. The summed E-state index contributed by atoms with van der Waals surface area (Å²) in [6, 6.07) is 0. The van der Waals surface area contributed by atoms with Crippen LogP contribution in [-0.2, 0) is 16.1 Å². The zero-order valence-corrected chi connectivity index (χ0v) is 8.69.